The minimum Gasteiger partial charge on any atom is -0.493 e. The fraction of sp³-hybridized carbons (Fsp3) is 0.351. The second kappa shape index (κ2) is 18.3. The number of anilines is 2. The Balaban J connectivity index is 1.22. The molecule has 294 valence electrons. The maximum atomic E-state index is 15.4. The van der Waals surface area contributed by atoms with Gasteiger partial charge in [-0.05, 0) is 81.6 Å². The zero-order chi connectivity index (χ0) is 39.6. The number of nitrogens with one attached hydrogen (secondary N) is 3. The summed E-state index contributed by atoms with van der Waals surface area (Å²) in [5.74, 6) is -1.56. The first-order chi connectivity index (χ1) is 26.4. The molecule has 4 aromatic rings. The second-order valence-electron chi connectivity index (χ2n) is 12.2. The number of nitrogens with zero attached hydrogens (tertiary/aromatic N) is 2. The molecule has 5 rings (SSSR count). The van der Waals surface area contributed by atoms with Gasteiger partial charge in [-0.1, -0.05) is 0 Å². The standard InChI is InChI=1S/C37H42F2N5O10P/c1-5-51-55(48,52-6-2)23-44(54-36(47)40-3)18-7-19-50-33-22-29-27(21-32(33)49-4)30(14-17-41-29)53-31-13-12-26(20-28(31)39)43-35(46)37(15-16-37)34(45)42-25-10-8-24(38)9-11-25/h8-14,17,20-22H,5-7,15-16,18-19,23H2,1-4H3,(H,40,47)(H,42,45)(H,43,46). The van der Waals surface area contributed by atoms with E-state index in [1.165, 1.54) is 61.8 Å². The Morgan fingerprint density at radius 3 is 2.16 bits per heavy atom. The Bertz CT molecular complexity index is 2040. The van der Waals surface area contributed by atoms with E-state index in [9.17, 15) is 23.3 Å². The lowest BCUT2D eigenvalue weighted by Gasteiger charge is -2.25. The third kappa shape index (κ3) is 10.5. The largest absolute Gasteiger partial charge is 0.493 e. The van der Waals surface area contributed by atoms with Crippen LogP contribution >= 0.6 is 7.60 Å². The van der Waals surface area contributed by atoms with E-state index in [-0.39, 0.29) is 49.8 Å². The average molecular weight is 786 g/mol. The number of fused-ring (bicyclic) bond motifs is 1. The molecule has 0 spiro atoms. The number of rotatable bonds is 19. The van der Waals surface area contributed by atoms with Gasteiger partial charge in [-0.15, -0.1) is 5.06 Å². The van der Waals surface area contributed by atoms with Crippen molar-refractivity contribution in [1.29, 1.82) is 0 Å². The van der Waals surface area contributed by atoms with Gasteiger partial charge in [0, 0.05) is 48.7 Å². The van der Waals surface area contributed by atoms with E-state index in [2.05, 4.69) is 20.9 Å². The van der Waals surface area contributed by atoms with Crippen molar-refractivity contribution in [3.05, 3.63) is 78.5 Å². The zero-order valence-electron chi connectivity index (χ0n) is 30.7. The summed E-state index contributed by atoms with van der Waals surface area (Å²) in [6.07, 6.45) is 1.38. The van der Waals surface area contributed by atoms with E-state index in [1.807, 2.05) is 0 Å². The van der Waals surface area contributed by atoms with Crippen molar-refractivity contribution in [1.82, 2.24) is 15.4 Å². The van der Waals surface area contributed by atoms with Crippen LogP contribution in [0.4, 0.5) is 25.0 Å². The van der Waals surface area contributed by atoms with Crippen LogP contribution in [0.5, 0.6) is 23.0 Å². The van der Waals surface area contributed by atoms with Crippen molar-refractivity contribution in [2.24, 2.45) is 5.41 Å². The van der Waals surface area contributed by atoms with E-state index in [0.717, 1.165) is 6.07 Å². The number of aromatic nitrogens is 1. The quantitative estimate of drug-likeness (QED) is 0.0377. The average Bonchev–Trinajstić information content (AvgIpc) is 3.98. The maximum absolute atomic E-state index is 15.4. The summed E-state index contributed by atoms with van der Waals surface area (Å²) in [5, 5.41) is 9.27. The summed E-state index contributed by atoms with van der Waals surface area (Å²) in [5.41, 5.74) is -0.397. The van der Waals surface area contributed by atoms with Crippen molar-refractivity contribution in [2.75, 3.05) is 57.4 Å². The minimum atomic E-state index is -3.57. The van der Waals surface area contributed by atoms with Crippen LogP contribution in [0, 0.1) is 17.0 Å². The molecular formula is C37H42F2N5O10P. The molecule has 1 aromatic heterocycles. The van der Waals surface area contributed by atoms with E-state index < -0.39 is 42.6 Å². The lowest BCUT2D eigenvalue weighted by molar-refractivity contribution is -0.131. The van der Waals surface area contributed by atoms with Crippen LogP contribution in [-0.2, 0) is 28.0 Å². The van der Waals surface area contributed by atoms with Gasteiger partial charge in [-0.25, -0.2) is 13.6 Å². The highest BCUT2D eigenvalue weighted by molar-refractivity contribution is 7.53. The van der Waals surface area contributed by atoms with Gasteiger partial charge < -0.3 is 44.0 Å². The van der Waals surface area contributed by atoms with Gasteiger partial charge in [-0.3, -0.25) is 19.1 Å². The van der Waals surface area contributed by atoms with Gasteiger partial charge in [-0.2, -0.15) is 0 Å². The normalized spacial score (nSPS) is 13.2. The third-order valence-electron chi connectivity index (χ3n) is 8.33. The summed E-state index contributed by atoms with van der Waals surface area (Å²) in [4.78, 5) is 47.6. The molecule has 15 nitrogen and oxygen atoms in total. The summed E-state index contributed by atoms with van der Waals surface area (Å²) in [6.45, 7) is 3.90. The predicted octanol–water partition coefficient (Wildman–Crippen LogP) is 7.24. The molecule has 1 saturated carbocycles. The van der Waals surface area contributed by atoms with Crippen LogP contribution in [0.2, 0.25) is 0 Å². The highest BCUT2D eigenvalue weighted by Crippen LogP contribution is 2.49. The van der Waals surface area contributed by atoms with Crippen LogP contribution in [0.3, 0.4) is 0 Å². The number of pyridine rings is 1. The number of benzene rings is 3. The van der Waals surface area contributed by atoms with E-state index in [1.54, 1.807) is 32.0 Å². The molecule has 1 aliphatic carbocycles. The molecule has 1 heterocycles. The number of carbonyl (C=O) groups is 3. The van der Waals surface area contributed by atoms with Gasteiger partial charge in [0.15, 0.2) is 23.1 Å². The number of ether oxygens (including phenoxy) is 3. The number of hydrogen-bond donors (Lipinski definition) is 3. The van der Waals surface area contributed by atoms with Crippen LogP contribution in [0.15, 0.2) is 66.9 Å². The number of hydrogen-bond acceptors (Lipinski definition) is 12. The highest BCUT2D eigenvalue weighted by atomic mass is 31.2. The van der Waals surface area contributed by atoms with Crippen molar-refractivity contribution >= 4 is 47.8 Å². The van der Waals surface area contributed by atoms with Crippen LogP contribution in [0.1, 0.15) is 33.1 Å². The Morgan fingerprint density at radius 1 is 0.873 bits per heavy atom. The molecule has 0 atom stereocenters. The summed E-state index contributed by atoms with van der Waals surface area (Å²) in [7, 11) is -0.723. The van der Waals surface area contributed by atoms with Crippen LogP contribution < -0.4 is 30.2 Å². The smallest absolute Gasteiger partial charge is 0.426 e. The molecule has 3 aromatic carbocycles. The van der Waals surface area contributed by atoms with Gasteiger partial charge in [0.25, 0.3) is 0 Å². The monoisotopic (exact) mass is 785 g/mol. The first kappa shape index (κ1) is 40.8. The van der Waals surface area contributed by atoms with E-state index >= 15 is 4.39 Å². The molecule has 3 amide bonds. The Kier molecular flexibility index (Phi) is 13.6. The predicted molar refractivity (Wildman–Crippen MR) is 198 cm³/mol. The van der Waals surface area contributed by atoms with Crippen molar-refractivity contribution in [3.63, 3.8) is 0 Å². The zero-order valence-corrected chi connectivity index (χ0v) is 31.6. The summed E-state index contributed by atoms with van der Waals surface area (Å²) < 4.78 is 69.8. The fourth-order valence-electron chi connectivity index (χ4n) is 5.42. The van der Waals surface area contributed by atoms with Crippen molar-refractivity contribution < 1.29 is 55.8 Å². The molecule has 0 aliphatic heterocycles. The number of carbonyl (C=O) groups excluding carboxylic acids is 3. The number of methoxy groups -OCH3 is 1. The lowest BCUT2D eigenvalue weighted by atomic mass is 10.0. The molecule has 1 fully saturated rings. The SMILES string of the molecule is CCOP(=O)(CN(CCCOc1cc2nccc(Oc3ccc(NC(=O)C4(C(=O)Nc5ccc(F)cc5)CC4)cc3F)c2cc1OC)OC(=O)NC)OCC. The molecule has 0 saturated heterocycles. The van der Waals surface area contributed by atoms with Crippen molar-refractivity contribution in [2.45, 2.75) is 33.1 Å². The number of halogens is 2. The molecule has 0 radical (unpaired) electrons. The van der Waals surface area contributed by atoms with Gasteiger partial charge in [0.05, 0.1) is 32.4 Å². The van der Waals surface area contributed by atoms with Gasteiger partial charge in [0.1, 0.15) is 23.3 Å². The van der Waals surface area contributed by atoms with Crippen LogP contribution in [-0.4, -0.2) is 74.8 Å². The minimum absolute atomic E-state index is 0.125. The fourth-order valence-corrected chi connectivity index (χ4v) is 7.03. The van der Waals surface area contributed by atoms with E-state index in [0.29, 0.717) is 47.4 Å². The first-order valence-electron chi connectivity index (χ1n) is 17.4. The molecular weight excluding hydrogens is 743 g/mol. The summed E-state index contributed by atoms with van der Waals surface area (Å²) >= 11 is 0. The lowest BCUT2D eigenvalue weighted by Crippen LogP contribution is -2.35. The topological polar surface area (TPSA) is 176 Å². The summed E-state index contributed by atoms with van der Waals surface area (Å²) in [6, 6.07) is 13.9. The number of hydroxylamine groups is 2. The van der Waals surface area contributed by atoms with Crippen molar-refractivity contribution in [3.8, 4) is 23.0 Å². The van der Waals surface area contributed by atoms with Gasteiger partial charge >= 0.3 is 13.7 Å². The van der Waals surface area contributed by atoms with Gasteiger partial charge in [0.2, 0.25) is 11.8 Å². The molecule has 1 aliphatic rings. The Hall–Kier alpha value is -5.35. The molecule has 3 N–H and O–H groups in total. The third-order valence-corrected chi connectivity index (χ3v) is 10.3. The van der Waals surface area contributed by atoms with E-state index in [4.69, 9.17) is 28.1 Å². The molecule has 18 heteroatoms. The maximum Gasteiger partial charge on any atom is 0.426 e. The van der Waals surface area contributed by atoms with Crippen LogP contribution in [0.25, 0.3) is 10.9 Å². The molecule has 55 heavy (non-hydrogen) atoms. The second-order valence-corrected chi connectivity index (χ2v) is 14.2. The molecule has 0 bridgehead atoms. The number of amides is 3. The first-order valence-corrected chi connectivity index (χ1v) is 19.1. The Morgan fingerprint density at radius 2 is 1.55 bits per heavy atom. The molecule has 0 unspecified atom stereocenters. The Labute approximate surface area is 316 Å². The highest BCUT2D eigenvalue weighted by Gasteiger charge is 2.56.